The molecule has 1 aliphatic rings. The van der Waals surface area contributed by atoms with E-state index in [1.54, 1.807) is 11.3 Å². The Morgan fingerprint density at radius 2 is 2.36 bits per heavy atom. The molecule has 0 bridgehead atoms. The van der Waals surface area contributed by atoms with Crippen molar-refractivity contribution in [3.05, 3.63) is 10.6 Å². The number of nitrogens with zero attached hydrogens (tertiary/aromatic N) is 1. The molecular weight excluding hydrogens is 194 g/mol. The first-order valence-electron chi connectivity index (χ1n) is 5.23. The van der Waals surface area contributed by atoms with Crippen LogP contribution in [-0.4, -0.2) is 11.0 Å². The quantitative estimate of drug-likeness (QED) is 0.785. The van der Waals surface area contributed by atoms with Crippen LogP contribution in [0, 0.1) is 0 Å². The molecule has 0 radical (unpaired) electrons. The van der Waals surface area contributed by atoms with Crippen LogP contribution in [-0.2, 0) is 6.42 Å². The molecule has 4 heteroatoms. The molecule has 0 fully saturated rings. The summed E-state index contributed by atoms with van der Waals surface area (Å²) < 4.78 is 0. The van der Waals surface area contributed by atoms with Gasteiger partial charge < -0.3 is 11.5 Å². The van der Waals surface area contributed by atoms with E-state index < -0.39 is 0 Å². The molecule has 1 aliphatic carbocycles. The monoisotopic (exact) mass is 211 g/mol. The van der Waals surface area contributed by atoms with Crippen molar-refractivity contribution in [1.82, 2.24) is 4.98 Å². The van der Waals surface area contributed by atoms with E-state index in [9.17, 15) is 0 Å². The maximum Gasteiger partial charge on any atom is 0.180 e. The van der Waals surface area contributed by atoms with Crippen LogP contribution in [0.3, 0.4) is 0 Å². The van der Waals surface area contributed by atoms with Crippen molar-refractivity contribution in [3.8, 4) is 0 Å². The van der Waals surface area contributed by atoms with Gasteiger partial charge in [-0.2, -0.15) is 0 Å². The standard InChI is InChI=1S/C10H17N3S/c1-2-3-6-7(11)4-5-8-9(6)14-10(12)13-8/h6-7H,2-5,11H2,1H3,(H2,12,13). The molecule has 0 aliphatic heterocycles. The number of aromatic nitrogens is 1. The zero-order valence-electron chi connectivity index (χ0n) is 8.49. The number of nitrogens with two attached hydrogens (primary N) is 2. The highest BCUT2D eigenvalue weighted by Crippen LogP contribution is 2.38. The van der Waals surface area contributed by atoms with Crippen LogP contribution in [0.25, 0.3) is 0 Å². The fourth-order valence-corrected chi connectivity index (χ4v) is 3.30. The summed E-state index contributed by atoms with van der Waals surface area (Å²) in [6, 6.07) is 0.308. The van der Waals surface area contributed by atoms with E-state index in [2.05, 4.69) is 11.9 Å². The Balaban J connectivity index is 2.30. The lowest BCUT2D eigenvalue weighted by molar-refractivity contribution is 0.446. The SMILES string of the molecule is CCCC1c2sc(N)nc2CCC1N. The van der Waals surface area contributed by atoms with E-state index in [0.29, 0.717) is 17.1 Å². The van der Waals surface area contributed by atoms with Gasteiger partial charge in [0.15, 0.2) is 5.13 Å². The molecule has 14 heavy (non-hydrogen) atoms. The number of hydrogen-bond acceptors (Lipinski definition) is 4. The molecule has 1 aromatic rings. The second-order valence-corrected chi connectivity index (χ2v) is 5.02. The van der Waals surface area contributed by atoms with Crippen molar-refractivity contribution in [2.45, 2.75) is 44.6 Å². The molecule has 78 valence electrons. The van der Waals surface area contributed by atoms with E-state index in [0.717, 1.165) is 19.3 Å². The van der Waals surface area contributed by atoms with Crippen LogP contribution in [0.4, 0.5) is 5.13 Å². The highest BCUT2D eigenvalue weighted by Gasteiger charge is 2.29. The number of rotatable bonds is 2. The third-order valence-corrected chi connectivity index (χ3v) is 3.97. The molecule has 4 N–H and O–H groups in total. The third-order valence-electron chi connectivity index (χ3n) is 2.91. The van der Waals surface area contributed by atoms with Gasteiger partial charge in [0, 0.05) is 16.8 Å². The van der Waals surface area contributed by atoms with Gasteiger partial charge in [-0.25, -0.2) is 4.98 Å². The Morgan fingerprint density at radius 1 is 1.57 bits per heavy atom. The Hall–Kier alpha value is -0.610. The molecule has 0 saturated carbocycles. The van der Waals surface area contributed by atoms with Gasteiger partial charge in [-0.3, -0.25) is 0 Å². The minimum absolute atomic E-state index is 0.308. The Bertz CT molecular complexity index is 321. The Kier molecular flexibility index (Phi) is 2.74. The predicted molar refractivity (Wildman–Crippen MR) is 60.5 cm³/mol. The lowest BCUT2D eigenvalue weighted by Crippen LogP contribution is -2.32. The van der Waals surface area contributed by atoms with Gasteiger partial charge in [-0.15, -0.1) is 11.3 Å². The van der Waals surface area contributed by atoms with Gasteiger partial charge in [0.1, 0.15) is 0 Å². The summed E-state index contributed by atoms with van der Waals surface area (Å²) >= 11 is 1.63. The molecular formula is C10H17N3S. The van der Waals surface area contributed by atoms with E-state index in [4.69, 9.17) is 11.5 Å². The van der Waals surface area contributed by atoms with Crippen LogP contribution < -0.4 is 11.5 Å². The minimum atomic E-state index is 0.308. The average Bonchev–Trinajstić information content (AvgIpc) is 2.51. The summed E-state index contributed by atoms with van der Waals surface area (Å²) in [6.07, 6.45) is 4.40. The van der Waals surface area contributed by atoms with Gasteiger partial charge in [-0.05, 0) is 19.3 Å². The highest BCUT2D eigenvalue weighted by atomic mass is 32.1. The van der Waals surface area contributed by atoms with Crippen LogP contribution in [0.1, 0.15) is 42.7 Å². The topological polar surface area (TPSA) is 64.9 Å². The number of thiazole rings is 1. The fourth-order valence-electron chi connectivity index (χ4n) is 2.21. The summed E-state index contributed by atoms with van der Waals surface area (Å²) in [4.78, 5) is 5.71. The van der Waals surface area contributed by atoms with Gasteiger partial charge in [0.05, 0.1) is 5.69 Å². The largest absolute Gasteiger partial charge is 0.375 e. The van der Waals surface area contributed by atoms with Crippen molar-refractivity contribution in [2.75, 3.05) is 5.73 Å². The second-order valence-electron chi connectivity index (χ2n) is 3.96. The lowest BCUT2D eigenvalue weighted by Gasteiger charge is -2.27. The van der Waals surface area contributed by atoms with Gasteiger partial charge >= 0.3 is 0 Å². The van der Waals surface area contributed by atoms with Gasteiger partial charge in [-0.1, -0.05) is 13.3 Å². The molecule has 2 atom stereocenters. The number of fused-ring (bicyclic) bond motifs is 1. The molecule has 2 rings (SSSR count). The second kappa shape index (κ2) is 3.87. The van der Waals surface area contributed by atoms with E-state index in [1.165, 1.54) is 17.0 Å². The van der Waals surface area contributed by atoms with Crippen LogP contribution in [0.2, 0.25) is 0 Å². The fraction of sp³-hybridized carbons (Fsp3) is 0.700. The predicted octanol–water partition coefficient (Wildman–Crippen LogP) is 1.88. The van der Waals surface area contributed by atoms with Crippen molar-refractivity contribution in [2.24, 2.45) is 5.73 Å². The molecule has 0 saturated heterocycles. The smallest absolute Gasteiger partial charge is 0.180 e. The van der Waals surface area contributed by atoms with E-state index >= 15 is 0 Å². The van der Waals surface area contributed by atoms with Crippen molar-refractivity contribution in [1.29, 1.82) is 0 Å². The molecule has 2 unspecified atom stereocenters. The molecule has 3 nitrogen and oxygen atoms in total. The molecule has 1 aromatic heterocycles. The van der Waals surface area contributed by atoms with E-state index in [-0.39, 0.29) is 0 Å². The van der Waals surface area contributed by atoms with Gasteiger partial charge in [0.2, 0.25) is 0 Å². The summed E-state index contributed by atoms with van der Waals surface area (Å²) in [7, 11) is 0. The highest BCUT2D eigenvalue weighted by molar-refractivity contribution is 7.15. The van der Waals surface area contributed by atoms with Crippen molar-refractivity contribution >= 4 is 16.5 Å². The molecule has 0 aromatic carbocycles. The van der Waals surface area contributed by atoms with Crippen molar-refractivity contribution in [3.63, 3.8) is 0 Å². The zero-order chi connectivity index (χ0) is 10.1. The molecule has 1 heterocycles. The van der Waals surface area contributed by atoms with Crippen LogP contribution >= 0.6 is 11.3 Å². The maximum absolute atomic E-state index is 6.13. The first kappa shape index (κ1) is 9.93. The maximum atomic E-state index is 6.13. The minimum Gasteiger partial charge on any atom is -0.375 e. The first-order chi connectivity index (χ1) is 6.72. The number of anilines is 1. The normalized spacial score (nSPS) is 26.1. The summed E-state index contributed by atoms with van der Waals surface area (Å²) in [6.45, 7) is 2.20. The number of hydrogen-bond donors (Lipinski definition) is 2. The zero-order valence-corrected chi connectivity index (χ0v) is 9.31. The number of aryl methyl sites for hydroxylation is 1. The average molecular weight is 211 g/mol. The lowest BCUT2D eigenvalue weighted by atomic mass is 9.84. The summed E-state index contributed by atoms with van der Waals surface area (Å²) in [5, 5.41) is 0.699. The Morgan fingerprint density at radius 3 is 3.07 bits per heavy atom. The Labute approximate surface area is 88.5 Å². The van der Waals surface area contributed by atoms with Crippen LogP contribution in [0.5, 0.6) is 0 Å². The first-order valence-corrected chi connectivity index (χ1v) is 6.04. The molecule has 0 spiro atoms. The van der Waals surface area contributed by atoms with E-state index in [1.807, 2.05) is 0 Å². The number of nitrogen functional groups attached to an aromatic ring is 1. The summed E-state index contributed by atoms with van der Waals surface area (Å²) in [5.74, 6) is 0.499. The summed E-state index contributed by atoms with van der Waals surface area (Å²) in [5.41, 5.74) is 13.1. The molecule has 0 amide bonds. The third kappa shape index (κ3) is 1.64. The van der Waals surface area contributed by atoms with Crippen LogP contribution in [0.15, 0.2) is 0 Å². The van der Waals surface area contributed by atoms with Gasteiger partial charge in [0.25, 0.3) is 0 Å². The van der Waals surface area contributed by atoms with Crippen molar-refractivity contribution < 1.29 is 0 Å².